The Hall–Kier alpha value is -3.14. The number of pyridine rings is 1. The van der Waals surface area contributed by atoms with Crippen LogP contribution in [-0.4, -0.2) is 33.2 Å². The number of aromatic nitrogens is 1. The first kappa shape index (κ1) is 15.3. The van der Waals surface area contributed by atoms with Gasteiger partial charge in [0.2, 0.25) is 0 Å². The molecule has 7 heteroatoms. The van der Waals surface area contributed by atoms with Crippen LogP contribution < -0.4 is 5.32 Å². The lowest BCUT2D eigenvalue weighted by molar-refractivity contribution is -0.139. The molecule has 1 atom stereocenters. The van der Waals surface area contributed by atoms with Crippen molar-refractivity contribution in [3.63, 3.8) is 0 Å². The summed E-state index contributed by atoms with van der Waals surface area (Å²) in [5, 5.41) is 31.0. The van der Waals surface area contributed by atoms with Crippen LogP contribution in [0.3, 0.4) is 0 Å². The van der Waals surface area contributed by atoms with E-state index in [1.807, 2.05) is 0 Å². The Morgan fingerprint density at radius 3 is 2.68 bits per heavy atom. The highest BCUT2D eigenvalue weighted by Crippen LogP contribution is 2.24. The maximum Gasteiger partial charge on any atom is 0.326 e. The van der Waals surface area contributed by atoms with E-state index in [1.54, 1.807) is 24.3 Å². The number of nitriles is 1. The molecule has 2 rings (SSSR count). The largest absolute Gasteiger partial charge is 0.481 e. The van der Waals surface area contributed by atoms with Crippen LogP contribution in [0, 0.1) is 11.3 Å². The molecule has 1 aromatic carbocycles. The van der Waals surface area contributed by atoms with Crippen molar-refractivity contribution in [3.05, 3.63) is 36.0 Å². The SMILES string of the molecule is N#Cc1cccc2c(NC(CCC(=O)O)C(=O)O)nccc12. The van der Waals surface area contributed by atoms with Gasteiger partial charge in [-0.2, -0.15) is 5.26 Å². The lowest BCUT2D eigenvalue weighted by Crippen LogP contribution is -2.30. The molecule has 112 valence electrons. The zero-order chi connectivity index (χ0) is 16.1. The van der Waals surface area contributed by atoms with Crippen molar-refractivity contribution in [2.45, 2.75) is 18.9 Å². The second-order valence-electron chi connectivity index (χ2n) is 4.64. The predicted molar refractivity (Wildman–Crippen MR) is 78.4 cm³/mol. The fraction of sp³-hybridized carbons (Fsp3) is 0.200. The lowest BCUT2D eigenvalue weighted by Gasteiger charge is -2.15. The van der Waals surface area contributed by atoms with Crippen LogP contribution in [0.1, 0.15) is 18.4 Å². The summed E-state index contributed by atoms with van der Waals surface area (Å²) in [5.74, 6) is -1.91. The molecule has 0 aliphatic carbocycles. The summed E-state index contributed by atoms with van der Waals surface area (Å²) in [7, 11) is 0. The molecule has 0 saturated carbocycles. The normalized spacial score (nSPS) is 11.6. The topological polar surface area (TPSA) is 123 Å². The van der Waals surface area contributed by atoms with Crippen LogP contribution in [0.15, 0.2) is 30.5 Å². The molecule has 7 nitrogen and oxygen atoms in total. The predicted octanol–water partition coefficient (Wildman–Crippen LogP) is 1.84. The number of carbonyl (C=O) groups is 2. The Morgan fingerprint density at radius 1 is 1.27 bits per heavy atom. The van der Waals surface area contributed by atoms with Crippen molar-refractivity contribution in [1.82, 2.24) is 4.98 Å². The Labute approximate surface area is 125 Å². The van der Waals surface area contributed by atoms with E-state index in [0.717, 1.165) is 0 Å². The summed E-state index contributed by atoms with van der Waals surface area (Å²) in [6, 6.07) is 7.73. The molecule has 0 aliphatic heterocycles. The zero-order valence-corrected chi connectivity index (χ0v) is 11.5. The van der Waals surface area contributed by atoms with Crippen LogP contribution in [-0.2, 0) is 9.59 Å². The first-order valence-electron chi connectivity index (χ1n) is 6.52. The number of nitrogens with zero attached hydrogens (tertiary/aromatic N) is 2. The Bertz CT molecular complexity index is 767. The average molecular weight is 299 g/mol. The lowest BCUT2D eigenvalue weighted by atomic mass is 10.1. The van der Waals surface area contributed by atoms with E-state index >= 15 is 0 Å². The first-order valence-corrected chi connectivity index (χ1v) is 6.52. The highest BCUT2D eigenvalue weighted by Gasteiger charge is 2.20. The van der Waals surface area contributed by atoms with Gasteiger partial charge < -0.3 is 15.5 Å². The highest BCUT2D eigenvalue weighted by atomic mass is 16.4. The van der Waals surface area contributed by atoms with E-state index in [9.17, 15) is 14.7 Å². The number of rotatable bonds is 6. The van der Waals surface area contributed by atoms with Gasteiger partial charge in [0.1, 0.15) is 11.9 Å². The van der Waals surface area contributed by atoms with Gasteiger partial charge in [-0.3, -0.25) is 4.79 Å². The van der Waals surface area contributed by atoms with E-state index in [1.165, 1.54) is 6.20 Å². The third-order valence-electron chi connectivity index (χ3n) is 3.18. The smallest absolute Gasteiger partial charge is 0.326 e. The fourth-order valence-corrected chi connectivity index (χ4v) is 2.11. The molecule has 0 bridgehead atoms. The molecule has 22 heavy (non-hydrogen) atoms. The summed E-state index contributed by atoms with van der Waals surface area (Å²) in [6.07, 6.45) is 1.14. The maximum atomic E-state index is 11.2. The van der Waals surface area contributed by atoms with E-state index < -0.39 is 18.0 Å². The third-order valence-corrected chi connectivity index (χ3v) is 3.18. The fourth-order valence-electron chi connectivity index (χ4n) is 2.11. The van der Waals surface area contributed by atoms with Gasteiger partial charge in [0.25, 0.3) is 0 Å². The number of hydrogen-bond donors (Lipinski definition) is 3. The van der Waals surface area contributed by atoms with Crippen LogP contribution >= 0.6 is 0 Å². The number of aliphatic carboxylic acids is 2. The summed E-state index contributed by atoms with van der Waals surface area (Å²) in [5.41, 5.74) is 0.459. The average Bonchev–Trinajstić information content (AvgIpc) is 2.50. The van der Waals surface area contributed by atoms with Crippen LogP contribution in [0.5, 0.6) is 0 Å². The van der Waals surface area contributed by atoms with Crippen molar-refractivity contribution >= 4 is 28.5 Å². The third kappa shape index (κ3) is 3.30. The number of anilines is 1. The molecular weight excluding hydrogens is 286 g/mol. The first-order chi connectivity index (χ1) is 10.5. The van der Waals surface area contributed by atoms with Crippen molar-refractivity contribution in [1.29, 1.82) is 5.26 Å². The van der Waals surface area contributed by atoms with E-state index in [-0.39, 0.29) is 12.8 Å². The standard InChI is InChI=1S/C15H13N3O4/c16-8-9-2-1-3-11-10(9)6-7-17-14(11)18-12(15(21)22)4-5-13(19)20/h1-3,6-7,12H,4-5H2,(H,17,18)(H,19,20)(H,21,22). The Morgan fingerprint density at radius 2 is 2.05 bits per heavy atom. The summed E-state index contributed by atoms with van der Waals surface area (Å²) < 4.78 is 0. The summed E-state index contributed by atoms with van der Waals surface area (Å²) in [6.45, 7) is 0. The second kappa shape index (κ2) is 6.54. The van der Waals surface area contributed by atoms with Crippen LogP contribution in [0.2, 0.25) is 0 Å². The molecule has 0 spiro atoms. The van der Waals surface area contributed by atoms with Crippen molar-refractivity contribution < 1.29 is 19.8 Å². The molecule has 0 aliphatic rings. The molecule has 0 saturated heterocycles. The maximum absolute atomic E-state index is 11.2. The molecule has 0 amide bonds. The van der Waals surface area contributed by atoms with Gasteiger partial charge in [-0.1, -0.05) is 12.1 Å². The van der Waals surface area contributed by atoms with Crippen LogP contribution in [0.25, 0.3) is 10.8 Å². The quantitative estimate of drug-likeness (QED) is 0.743. The molecule has 1 unspecified atom stereocenters. The van der Waals surface area contributed by atoms with Crippen molar-refractivity contribution in [2.24, 2.45) is 0 Å². The second-order valence-corrected chi connectivity index (χ2v) is 4.64. The molecule has 0 radical (unpaired) electrons. The molecule has 0 fully saturated rings. The van der Waals surface area contributed by atoms with Gasteiger partial charge in [-0.15, -0.1) is 0 Å². The minimum atomic E-state index is -1.16. The van der Waals surface area contributed by atoms with Crippen LogP contribution in [0.4, 0.5) is 5.82 Å². The van der Waals surface area contributed by atoms with Crippen molar-refractivity contribution in [2.75, 3.05) is 5.32 Å². The molecule has 1 heterocycles. The highest BCUT2D eigenvalue weighted by molar-refractivity contribution is 5.96. The number of carboxylic acids is 2. The molecule has 1 aromatic heterocycles. The van der Waals surface area contributed by atoms with Gasteiger partial charge in [0.05, 0.1) is 11.6 Å². The van der Waals surface area contributed by atoms with Crippen molar-refractivity contribution in [3.8, 4) is 6.07 Å². The van der Waals surface area contributed by atoms with Gasteiger partial charge in [-0.05, 0) is 18.6 Å². The van der Waals surface area contributed by atoms with E-state index in [4.69, 9.17) is 10.4 Å². The number of nitrogens with one attached hydrogen (secondary N) is 1. The minimum Gasteiger partial charge on any atom is -0.481 e. The molecular formula is C15H13N3O4. The molecule has 3 N–H and O–H groups in total. The van der Waals surface area contributed by atoms with Gasteiger partial charge >= 0.3 is 11.9 Å². The number of fused-ring (bicyclic) bond motifs is 1. The van der Waals surface area contributed by atoms with Gasteiger partial charge in [-0.25, -0.2) is 9.78 Å². The number of hydrogen-bond acceptors (Lipinski definition) is 5. The number of carboxylic acid groups (broad SMARTS) is 2. The van der Waals surface area contributed by atoms with E-state index in [2.05, 4.69) is 16.4 Å². The zero-order valence-electron chi connectivity index (χ0n) is 11.5. The Balaban J connectivity index is 2.36. The number of benzene rings is 1. The monoisotopic (exact) mass is 299 g/mol. The Kier molecular flexibility index (Phi) is 4.53. The van der Waals surface area contributed by atoms with E-state index in [0.29, 0.717) is 22.2 Å². The minimum absolute atomic E-state index is 0.0688. The van der Waals surface area contributed by atoms with Gasteiger partial charge in [0.15, 0.2) is 0 Å². The van der Waals surface area contributed by atoms with Gasteiger partial charge in [0, 0.05) is 23.4 Å². The molecule has 2 aromatic rings. The summed E-state index contributed by atoms with van der Waals surface area (Å²) >= 11 is 0. The summed E-state index contributed by atoms with van der Waals surface area (Å²) in [4.78, 5) is 25.9.